The van der Waals surface area contributed by atoms with E-state index in [1.165, 1.54) is 11.1 Å². The predicted octanol–water partition coefficient (Wildman–Crippen LogP) is 4.11. The van der Waals surface area contributed by atoms with Crippen LogP contribution in [-0.2, 0) is 9.47 Å². The lowest BCUT2D eigenvalue weighted by Gasteiger charge is -2.14. The van der Waals surface area contributed by atoms with Gasteiger partial charge in [-0.3, -0.25) is 0 Å². The number of hydrogen-bond donors (Lipinski definition) is 0. The lowest BCUT2D eigenvalue weighted by atomic mass is 10.0. The third-order valence-corrected chi connectivity index (χ3v) is 3.69. The molecular weight excluding hydrogens is 252 g/mol. The molecule has 108 valence electrons. The second-order valence-corrected chi connectivity index (χ2v) is 4.80. The molecule has 3 nitrogen and oxygen atoms in total. The van der Waals surface area contributed by atoms with E-state index in [1.54, 1.807) is 21.3 Å². The molecule has 1 unspecified atom stereocenters. The van der Waals surface area contributed by atoms with E-state index in [-0.39, 0.29) is 6.10 Å². The summed E-state index contributed by atoms with van der Waals surface area (Å²) in [5.41, 5.74) is 3.56. The number of unbranched alkanes of at least 4 members (excludes halogenated alkanes) is 1. The number of rotatable bonds is 7. The van der Waals surface area contributed by atoms with Crippen LogP contribution in [0.5, 0.6) is 5.75 Å². The fourth-order valence-electron chi connectivity index (χ4n) is 2.74. The van der Waals surface area contributed by atoms with E-state index in [0.717, 1.165) is 36.3 Å². The summed E-state index contributed by atoms with van der Waals surface area (Å²) in [7, 11) is 5.09. The van der Waals surface area contributed by atoms with E-state index in [0.29, 0.717) is 0 Å². The van der Waals surface area contributed by atoms with E-state index in [2.05, 4.69) is 12.6 Å². The molecule has 20 heavy (non-hydrogen) atoms. The van der Waals surface area contributed by atoms with Gasteiger partial charge in [-0.15, -0.1) is 6.58 Å². The van der Waals surface area contributed by atoms with Gasteiger partial charge in [0, 0.05) is 12.7 Å². The zero-order valence-corrected chi connectivity index (χ0v) is 12.4. The average molecular weight is 274 g/mol. The van der Waals surface area contributed by atoms with Crippen molar-refractivity contribution in [2.45, 2.75) is 25.4 Å². The van der Waals surface area contributed by atoms with E-state index in [9.17, 15) is 0 Å². The van der Waals surface area contributed by atoms with Gasteiger partial charge in [0.05, 0.1) is 14.2 Å². The van der Waals surface area contributed by atoms with Crippen LogP contribution in [0.4, 0.5) is 0 Å². The Morgan fingerprint density at radius 2 is 2.00 bits per heavy atom. The minimum atomic E-state index is -0.135. The van der Waals surface area contributed by atoms with Gasteiger partial charge in [-0.1, -0.05) is 12.1 Å². The van der Waals surface area contributed by atoms with E-state index in [1.807, 2.05) is 18.2 Å². The van der Waals surface area contributed by atoms with E-state index in [4.69, 9.17) is 14.2 Å². The molecule has 0 aromatic heterocycles. The van der Waals surface area contributed by atoms with Gasteiger partial charge < -0.3 is 14.2 Å². The van der Waals surface area contributed by atoms with Gasteiger partial charge in [0.1, 0.15) is 17.6 Å². The quantitative estimate of drug-likeness (QED) is 0.553. The molecule has 3 heteroatoms. The van der Waals surface area contributed by atoms with Gasteiger partial charge in [0.25, 0.3) is 0 Å². The summed E-state index contributed by atoms with van der Waals surface area (Å²) in [4.78, 5) is 0. The highest BCUT2D eigenvalue weighted by molar-refractivity contribution is 5.77. The molecule has 0 bridgehead atoms. The van der Waals surface area contributed by atoms with Gasteiger partial charge in [0.15, 0.2) is 0 Å². The Balaban J connectivity index is 2.38. The average Bonchev–Trinajstić information content (AvgIpc) is 2.79. The number of allylic oxidation sites excluding steroid dienone is 2. The van der Waals surface area contributed by atoms with Crippen molar-refractivity contribution < 1.29 is 14.2 Å². The molecule has 1 aromatic carbocycles. The van der Waals surface area contributed by atoms with Crippen LogP contribution < -0.4 is 4.74 Å². The van der Waals surface area contributed by atoms with Crippen molar-refractivity contribution in [3.63, 3.8) is 0 Å². The summed E-state index contributed by atoms with van der Waals surface area (Å²) < 4.78 is 16.5. The summed E-state index contributed by atoms with van der Waals surface area (Å²) in [5, 5.41) is 0. The molecule has 0 heterocycles. The molecule has 0 saturated heterocycles. The molecule has 0 aliphatic heterocycles. The van der Waals surface area contributed by atoms with Gasteiger partial charge in [-0.25, -0.2) is 0 Å². The second kappa shape index (κ2) is 6.62. The zero-order valence-electron chi connectivity index (χ0n) is 12.4. The highest BCUT2D eigenvalue weighted by Crippen LogP contribution is 2.45. The number of hydrogen-bond acceptors (Lipinski definition) is 3. The Kier molecular flexibility index (Phi) is 4.85. The Morgan fingerprint density at radius 3 is 2.60 bits per heavy atom. The van der Waals surface area contributed by atoms with Gasteiger partial charge >= 0.3 is 0 Å². The Hall–Kier alpha value is -1.74. The van der Waals surface area contributed by atoms with Crippen molar-refractivity contribution in [3.05, 3.63) is 47.7 Å². The molecule has 1 aliphatic rings. The predicted molar refractivity (Wildman–Crippen MR) is 80.7 cm³/mol. The Bertz CT molecular complexity index is 517. The van der Waals surface area contributed by atoms with Crippen LogP contribution in [0.25, 0.3) is 5.57 Å². The molecule has 0 saturated carbocycles. The van der Waals surface area contributed by atoms with Crippen molar-refractivity contribution in [2.24, 2.45) is 0 Å². The van der Waals surface area contributed by atoms with Crippen LogP contribution in [-0.4, -0.2) is 21.3 Å². The van der Waals surface area contributed by atoms with Crippen LogP contribution in [0.15, 0.2) is 36.6 Å². The first-order valence-electron chi connectivity index (χ1n) is 6.85. The SMILES string of the molecule is C=CCCCC1=C(OC)C(OC)c2cc(OC)ccc21. The molecule has 2 rings (SSSR count). The third-order valence-electron chi connectivity index (χ3n) is 3.69. The molecule has 1 atom stereocenters. The van der Waals surface area contributed by atoms with Crippen molar-refractivity contribution >= 4 is 5.57 Å². The third kappa shape index (κ3) is 2.59. The maximum atomic E-state index is 5.62. The van der Waals surface area contributed by atoms with Crippen molar-refractivity contribution in [1.82, 2.24) is 0 Å². The minimum absolute atomic E-state index is 0.135. The molecular formula is C17H22O3. The summed E-state index contributed by atoms with van der Waals surface area (Å²) >= 11 is 0. The molecule has 0 fully saturated rings. The summed E-state index contributed by atoms with van der Waals surface area (Å²) in [6, 6.07) is 6.11. The van der Waals surface area contributed by atoms with Crippen LogP contribution in [0, 0.1) is 0 Å². The standard InChI is InChI=1S/C17H22O3/c1-5-6-7-8-14-13-10-9-12(18-2)11-15(13)17(20-4)16(14)19-3/h5,9-11,17H,1,6-8H2,2-4H3. The molecule has 0 radical (unpaired) electrons. The fourth-order valence-corrected chi connectivity index (χ4v) is 2.74. The largest absolute Gasteiger partial charge is 0.498 e. The molecule has 0 N–H and O–H groups in total. The first-order valence-corrected chi connectivity index (χ1v) is 6.85. The lowest BCUT2D eigenvalue weighted by Crippen LogP contribution is -2.03. The number of benzene rings is 1. The summed E-state index contributed by atoms with van der Waals surface area (Å²) in [6.45, 7) is 3.77. The van der Waals surface area contributed by atoms with Gasteiger partial charge in [0.2, 0.25) is 0 Å². The minimum Gasteiger partial charge on any atom is -0.498 e. The maximum Gasteiger partial charge on any atom is 0.140 e. The highest BCUT2D eigenvalue weighted by atomic mass is 16.5. The molecule has 1 aliphatic carbocycles. The van der Waals surface area contributed by atoms with Gasteiger partial charge in [-0.2, -0.15) is 0 Å². The van der Waals surface area contributed by atoms with Gasteiger partial charge in [-0.05, 0) is 42.5 Å². The summed E-state index contributed by atoms with van der Waals surface area (Å²) in [6.07, 6.45) is 4.85. The number of ether oxygens (including phenoxy) is 3. The fraction of sp³-hybridized carbons (Fsp3) is 0.412. The van der Waals surface area contributed by atoms with E-state index < -0.39 is 0 Å². The normalized spacial score (nSPS) is 17.1. The maximum absolute atomic E-state index is 5.62. The van der Waals surface area contributed by atoms with Crippen molar-refractivity contribution in [3.8, 4) is 5.75 Å². The number of fused-ring (bicyclic) bond motifs is 1. The first kappa shape index (κ1) is 14.7. The topological polar surface area (TPSA) is 27.7 Å². The summed E-state index contributed by atoms with van der Waals surface area (Å²) in [5.74, 6) is 1.76. The smallest absolute Gasteiger partial charge is 0.140 e. The molecule has 0 spiro atoms. The van der Waals surface area contributed by atoms with Crippen molar-refractivity contribution in [2.75, 3.05) is 21.3 Å². The Morgan fingerprint density at radius 1 is 1.20 bits per heavy atom. The second-order valence-electron chi connectivity index (χ2n) is 4.80. The highest BCUT2D eigenvalue weighted by Gasteiger charge is 2.32. The monoisotopic (exact) mass is 274 g/mol. The van der Waals surface area contributed by atoms with Crippen LogP contribution in [0.2, 0.25) is 0 Å². The molecule has 0 amide bonds. The lowest BCUT2D eigenvalue weighted by molar-refractivity contribution is 0.0832. The van der Waals surface area contributed by atoms with Crippen LogP contribution in [0.1, 0.15) is 36.5 Å². The Labute approximate surface area is 120 Å². The van der Waals surface area contributed by atoms with Crippen molar-refractivity contribution in [1.29, 1.82) is 0 Å². The van der Waals surface area contributed by atoms with Crippen LogP contribution >= 0.6 is 0 Å². The van der Waals surface area contributed by atoms with Crippen LogP contribution in [0.3, 0.4) is 0 Å². The first-order chi connectivity index (χ1) is 9.76. The molecule has 1 aromatic rings. The van der Waals surface area contributed by atoms with E-state index >= 15 is 0 Å². The number of methoxy groups -OCH3 is 3. The zero-order chi connectivity index (χ0) is 14.5.